The normalized spacial score (nSPS) is 10.2. The summed E-state index contributed by atoms with van der Waals surface area (Å²) in [7, 11) is 3.21. The largest absolute Gasteiger partial charge is 0.507 e. The number of likely N-dealkylation sites (N-methyl/N-ethyl adjacent to an activating group) is 1. The smallest absolute Gasteiger partial charge is 0.258 e. The number of nitrogens with one attached hydrogen (secondary N) is 1. The van der Waals surface area contributed by atoms with Gasteiger partial charge in [-0.05, 0) is 38.1 Å². The molecule has 0 radical (unpaired) electrons. The molecule has 130 valence electrons. The fraction of sp³-hybridized carbons (Fsp3) is 0.353. The second kappa shape index (κ2) is 8.14. The lowest BCUT2D eigenvalue weighted by molar-refractivity contribution is -0.129. The summed E-state index contributed by atoms with van der Waals surface area (Å²) >= 11 is 0. The molecule has 7 heteroatoms. The third-order valence-electron chi connectivity index (χ3n) is 3.37. The number of amides is 3. The number of phenolic OH excluding ortho intramolecular Hbond substituents is 1. The zero-order valence-corrected chi connectivity index (χ0v) is 14.4. The lowest BCUT2D eigenvalue weighted by Gasteiger charge is -2.28. The number of phenols is 1. The van der Waals surface area contributed by atoms with Gasteiger partial charge in [0.25, 0.3) is 5.91 Å². The fourth-order valence-electron chi connectivity index (χ4n) is 1.91. The molecule has 24 heavy (non-hydrogen) atoms. The van der Waals surface area contributed by atoms with E-state index in [2.05, 4.69) is 11.9 Å². The zero-order valence-electron chi connectivity index (χ0n) is 14.4. The lowest BCUT2D eigenvalue weighted by Crippen LogP contribution is -2.44. The number of hydrogen-bond donors (Lipinski definition) is 2. The quantitative estimate of drug-likeness (QED) is 0.609. The first-order chi connectivity index (χ1) is 11.2. The number of rotatable bonds is 6. The van der Waals surface area contributed by atoms with Crippen LogP contribution in [0, 0.1) is 0 Å². The molecule has 0 fully saturated rings. The third-order valence-corrected chi connectivity index (χ3v) is 3.37. The van der Waals surface area contributed by atoms with E-state index in [-0.39, 0.29) is 29.8 Å². The van der Waals surface area contributed by atoms with Crippen molar-refractivity contribution >= 4 is 23.4 Å². The number of nitrogens with zero attached hydrogens (tertiary/aromatic N) is 2. The van der Waals surface area contributed by atoms with E-state index < -0.39 is 11.8 Å². The molecule has 0 bridgehead atoms. The molecule has 0 saturated carbocycles. The topological polar surface area (TPSA) is 90.0 Å². The van der Waals surface area contributed by atoms with Crippen molar-refractivity contribution in [1.82, 2.24) is 9.80 Å². The summed E-state index contributed by atoms with van der Waals surface area (Å²) in [6, 6.07) is 3.91. The second-order valence-electron chi connectivity index (χ2n) is 5.74. The molecule has 0 atom stereocenters. The van der Waals surface area contributed by atoms with Gasteiger partial charge >= 0.3 is 0 Å². The van der Waals surface area contributed by atoms with E-state index in [4.69, 9.17) is 0 Å². The predicted octanol–water partition coefficient (Wildman–Crippen LogP) is 1.46. The molecule has 0 saturated heterocycles. The Labute approximate surface area is 141 Å². The average molecular weight is 333 g/mol. The molecule has 0 aromatic heterocycles. The SMILES string of the molecule is C=CC(=O)Nc1ccc(O)c(C(=O)N(CC(=O)N(C)C)C(C)C)c1. The summed E-state index contributed by atoms with van der Waals surface area (Å²) in [5.41, 5.74) is 0.362. The van der Waals surface area contributed by atoms with E-state index in [1.165, 1.54) is 28.0 Å². The van der Waals surface area contributed by atoms with Crippen molar-refractivity contribution in [2.24, 2.45) is 0 Å². The molecule has 2 N–H and O–H groups in total. The number of anilines is 1. The van der Waals surface area contributed by atoms with Gasteiger partial charge in [-0.2, -0.15) is 0 Å². The molecule has 1 aromatic rings. The molecule has 0 unspecified atom stereocenters. The Kier molecular flexibility index (Phi) is 6.52. The van der Waals surface area contributed by atoms with E-state index in [1.54, 1.807) is 27.9 Å². The zero-order chi connectivity index (χ0) is 18.4. The summed E-state index contributed by atoms with van der Waals surface area (Å²) < 4.78 is 0. The van der Waals surface area contributed by atoms with Gasteiger partial charge in [0.2, 0.25) is 11.8 Å². The van der Waals surface area contributed by atoms with Gasteiger partial charge in [0.05, 0.1) is 5.56 Å². The Morgan fingerprint density at radius 3 is 2.42 bits per heavy atom. The first kappa shape index (κ1) is 19.2. The molecule has 7 nitrogen and oxygen atoms in total. The molecule has 3 amide bonds. The highest BCUT2D eigenvalue weighted by Gasteiger charge is 2.24. The van der Waals surface area contributed by atoms with Gasteiger partial charge in [-0.15, -0.1) is 0 Å². The number of benzene rings is 1. The molecule has 0 aliphatic rings. The van der Waals surface area contributed by atoms with Gasteiger partial charge in [0, 0.05) is 25.8 Å². The second-order valence-corrected chi connectivity index (χ2v) is 5.74. The summed E-state index contributed by atoms with van der Waals surface area (Å²) in [5.74, 6) is -1.37. The van der Waals surface area contributed by atoms with Crippen LogP contribution in [-0.4, -0.2) is 59.3 Å². The first-order valence-electron chi connectivity index (χ1n) is 7.45. The number of carbonyl (C=O) groups excluding carboxylic acids is 3. The highest BCUT2D eigenvalue weighted by molar-refractivity contribution is 6.02. The van der Waals surface area contributed by atoms with Crippen LogP contribution >= 0.6 is 0 Å². The van der Waals surface area contributed by atoms with E-state index >= 15 is 0 Å². The van der Waals surface area contributed by atoms with Crippen LogP contribution in [0.4, 0.5) is 5.69 Å². The van der Waals surface area contributed by atoms with Crippen molar-refractivity contribution in [2.75, 3.05) is 26.0 Å². The van der Waals surface area contributed by atoms with Crippen LogP contribution < -0.4 is 5.32 Å². The Morgan fingerprint density at radius 1 is 1.29 bits per heavy atom. The molecule has 1 aromatic carbocycles. The maximum absolute atomic E-state index is 12.7. The van der Waals surface area contributed by atoms with Gasteiger partial charge in [0.15, 0.2) is 0 Å². The van der Waals surface area contributed by atoms with Crippen LogP contribution in [0.25, 0.3) is 0 Å². The summed E-state index contributed by atoms with van der Waals surface area (Å²) in [4.78, 5) is 38.8. The average Bonchev–Trinajstić information content (AvgIpc) is 2.52. The van der Waals surface area contributed by atoms with E-state index in [9.17, 15) is 19.5 Å². The van der Waals surface area contributed by atoms with Gasteiger partial charge in [-0.25, -0.2) is 0 Å². The Balaban J connectivity index is 3.13. The Bertz CT molecular complexity index is 653. The standard InChI is InChI=1S/C17H23N3O4/c1-6-15(22)18-12-7-8-14(21)13(9-12)17(24)20(11(2)3)10-16(23)19(4)5/h6-9,11,21H,1,10H2,2-5H3,(H,18,22). The van der Waals surface area contributed by atoms with Crippen LogP contribution in [-0.2, 0) is 9.59 Å². The van der Waals surface area contributed by atoms with Crippen LogP contribution in [0.5, 0.6) is 5.75 Å². The van der Waals surface area contributed by atoms with E-state index in [1.807, 2.05) is 0 Å². The minimum absolute atomic E-state index is 0.0112. The highest BCUT2D eigenvalue weighted by Crippen LogP contribution is 2.24. The number of hydrogen-bond acceptors (Lipinski definition) is 4. The molecule has 0 aliphatic carbocycles. The van der Waals surface area contributed by atoms with Gasteiger partial charge < -0.3 is 20.2 Å². The van der Waals surface area contributed by atoms with Crippen molar-refractivity contribution < 1.29 is 19.5 Å². The van der Waals surface area contributed by atoms with Crippen molar-refractivity contribution in [3.05, 3.63) is 36.4 Å². The minimum Gasteiger partial charge on any atom is -0.507 e. The summed E-state index contributed by atoms with van der Waals surface area (Å²) in [6.45, 7) is 6.81. The molecule has 0 spiro atoms. The Hall–Kier alpha value is -2.83. The predicted molar refractivity (Wildman–Crippen MR) is 91.8 cm³/mol. The Morgan fingerprint density at radius 2 is 1.92 bits per heavy atom. The third kappa shape index (κ3) is 4.84. The molecule has 0 aliphatic heterocycles. The van der Waals surface area contributed by atoms with E-state index in [0.29, 0.717) is 5.69 Å². The van der Waals surface area contributed by atoms with Crippen LogP contribution in [0.2, 0.25) is 0 Å². The fourth-order valence-corrected chi connectivity index (χ4v) is 1.91. The van der Waals surface area contributed by atoms with Gasteiger partial charge in [0.1, 0.15) is 12.3 Å². The molecule has 1 rings (SSSR count). The van der Waals surface area contributed by atoms with E-state index in [0.717, 1.165) is 6.08 Å². The van der Waals surface area contributed by atoms with Gasteiger partial charge in [-0.3, -0.25) is 14.4 Å². The van der Waals surface area contributed by atoms with Crippen molar-refractivity contribution in [1.29, 1.82) is 0 Å². The maximum Gasteiger partial charge on any atom is 0.258 e. The summed E-state index contributed by atoms with van der Waals surface area (Å²) in [5, 5.41) is 12.5. The highest BCUT2D eigenvalue weighted by atomic mass is 16.3. The monoisotopic (exact) mass is 333 g/mol. The van der Waals surface area contributed by atoms with Crippen molar-refractivity contribution in [2.45, 2.75) is 19.9 Å². The van der Waals surface area contributed by atoms with Gasteiger partial charge in [-0.1, -0.05) is 6.58 Å². The molecule has 0 heterocycles. The number of carbonyl (C=O) groups is 3. The molecular formula is C17H23N3O4. The number of aromatic hydroxyl groups is 1. The minimum atomic E-state index is -0.493. The first-order valence-corrected chi connectivity index (χ1v) is 7.45. The maximum atomic E-state index is 12.7. The van der Waals surface area contributed by atoms with Crippen LogP contribution in [0.1, 0.15) is 24.2 Å². The van der Waals surface area contributed by atoms with Crippen molar-refractivity contribution in [3.8, 4) is 5.75 Å². The van der Waals surface area contributed by atoms with Crippen LogP contribution in [0.3, 0.4) is 0 Å². The van der Waals surface area contributed by atoms with Crippen LogP contribution in [0.15, 0.2) is 30.9 Å². The summed E-state index contributed by atoms with van der Waals surface area (Å²) in [6.07, 6.45) is 1.10. The van der Waals surface area contributed by atoms with Crippen molar-refractivity contribution in [3.63, 3.8) is 0 Å². The molecular weight excluding hydrogens is 310 g/mol. The lowest BCUT2D eigenvalue weighted by atomic mass is 10.1.